The van der Waals surface area contributed by atoms with Crippen molar-refractivity contribution in [3.8, 4) is 0 Å². The van der Waals surface area contributed by atoms with Gasteiger partial charge in [-0.05, 0) is 38.0 Å². The van der Waals surface area contributed by atoms with E-state index < -0.39 is 0 Å². The first kappa shape index (κ1) is 13.5. The maximum Gasteiger partial charge on any atom is 0.274 e. The molecule has 110 valence electrons. The van der Waals surface area contributed by atoms with Gasteiger partial charge in [-0.2, -0.15) is 5.10 Å². The van der Waals surface area contributed by atoms with Gasteiger partial charge < -0.3 is 11.1 Å². The van der Waals surface area contributed by atoms with Crippen LogP contribution < -0.4 is 11.1 Å². The molecule has 0 aliphatic heterocycles. The maximum absolute atomic E-state index is 12.3. The van der Waals surface area contributed by atoms with Crippen LogP contribution in [-0.4, -0.2) is 22.1 Å². The molecule has 1 amide bonds. The molecule has 2 atom stereocenters. The van der Waals surface area contributed by atoms with Crippen LogP contribution in [0.15, 0.2) is 0 Å². The highest BCUT2D eigenvalue weighted by Gasteiger charge is 2.30. The normalized spacial score (nSPS) is 27.1. The predicted molar refractivity (Wildman–Crippen MR) is 78.5 cm³/mol. The van der Waals surface area contributed by atoms with Crippen LogP contribution in [0.5, 0.6) is 0 Å². The number of nitrogens with two attached hydrogens (primary N) is 1. The van der Waals surface area contributed by atoms with Crippen LogP contribution in [-0.2, 0) is 0 Å². The van der Waals surface area contributed by atoms with Crippen molar-refractivity contribution in [1.29, 1.82) is 0 Å². The van der Waals surface area contributed by atoms with E-state index in [0.29, 0.717) is 17.3 Å². The number of carbonyl (C=O) groups excluding carboxylic acids is 1. The Morgan fingerprint density at radius 2 is 2.05 bits per heavy atom. The van der Waals surface area contributed by atoms with Gasteiger partial charge in [0.25, 0.3) is 5.91 Å². The average Bonchev–Trinajstić information content (AvgIpc) is 3.20. The highest BCUT2D eigenvalue weighted by Crippen LogP contribution is 2.42. The van der Waals surface area contributed by atoms with E-state index in [1.807, 2.05) is 0 Å². The summed E-state index contributed by atoms with van der Waals surface area (Å²) in [5, 5.41) is 10.2. The average molecular weight is 276 g/mol. The van der Waals surface area contributed by atoms with Gasteiger partial charge in [0.2, 0.25) is 0 Å². The van der Waals surface area contributed by atoms with Gasteiger partial charge in [0.15, 0.2) is 5.69 Å². The molecule has 0 aromatic carbocycles. The fourth-order valence-corrected chi connectivity index (χ4v) is 3.11. The highest BCUT2D eigenvalue weighted by atomic mass is 16.2. The van der Waals surface area contributed by atoms with E-state index in [1.54, 1.807) is 0 Å². The lowest BCUT2D eigenvalue weighted by Gasteiger charge is -2.15. The number of hydrogen-bond donors (Lipinski definition) is 3. The van der Waals surface area contributed by atoms with Gasteiger partial charge in [0.1, 0.15) is 0 Å². The summed E-state index contributed by atoms with van der Waals surface area (Å²) in [7, 11) is 0. The van der Waals surface area contributed by atoms with Gasteiger partial charge in [-0.25, -0.2) is 0 Å². The largest absolute Gasteiger partial charge is 0.395 e. The highest BCUT2D eigenvalue weighted by molar-refractivity contribution is 5.97. The number of aromatic nitrogens is 2. The number of H-pyrrole nitrogens is 1. The second-order valence-corrected chi connectivity index (χ2v) is 6.46. The van der Waals surface area contributed by atoms with E-state index in [2.05, 4.69) is 22.4 Å². The van der Waals surface area contributed by atoms with Crippen LogP contribution in [0.25, 0.3) is 0 Å². The summed E-state index contributed by atoms with van der Waals surface area (Å²) in [5.74, 6) is 1.14. The van der Waals surface area contributed by atoms with Gasteiger partial charge in [0, 0.05) is 12.0 Å². The van der Waals surface area contributed by atoms with Crippen molar-refractivity contribution in [2.24, 2.45) is 5.92 Å². The monoisotopic (exact) mass is 276 g/mol. The smallest absolute Gasteiger partial charge is 0.274 e. The zero-order valence-corrected chi connectivity index (χ0v) is 12.1. The van der Waals surface area contributed by atoms with E-state index in [9.17, 15) is 4.79 Å². The third-order valence-corrected chi connectivity index (χ3v) is 4.63. The number of aromatic amines is 1. The summed E-state index contributed by atoms with van der Waals surface area (Å²) in [6.45, 7) is 2.29. The minimum Gasteiger partial charge on any atom is -0.395 e. The molecular weight excluding hydrogens is 252 g/mol. The van der Waals surface area contributed by atoms with Crippen molar-refractivity contribution < 1.29 is 4.79 Å². The maximum atomic E-state index is 12.3. The molecule has 0 bridgehead atoms. The van der Waals surface area contributed by atoms with Crippen molar-refractivity contribution in [2.75, 3.05) is 5.73 Å². The number of rotatable bonds is 3. The summed E-state index contributed by atoms with van der Waals surface area (Å²) < 4.78 is 0. The molecule has 1 heterocycles. The first-order valence-corrected chi connectivity index (χ1v) is 7.79. The Balaban J connectivity index is 1.63. The Labute approximate surface area is 119 Å². The Morgan fingerprint density at radius 1 is 1.25 bits per heavy atom. The zero-order chi connectivity index (χ0) is 14.1. The fraction of sp³-hybridized carbons (Fsp3) is 0.733. The second kappa shape index (κ2) is 5.46. The van der Waals surface area contributed by atoms with Crippen LogP contribution in [0.2, 0.25) is 0 Å². The van der Waals surface area contributed by atoms with Crippen molar-refractivity contribution in [1.82, 2.24) is 15.5 Å². The van der Waals surface area contributed by atoms with E-state index in [1.165, 1.54) is 19.3 Å². The minimum absolute atomic E-state index is 0.120. The van der Waals surface area contributed by atoms with Crippen molar-refractivity contribution in [3.63, 3.8) is 0 Å². The van der Waals surface area contributed by atoms with Gasteiger partial charge in [-0.3, -0.25) is 9.89 Å². The summed E-state index contributed by atoms with van der Waals surface area (Å²) in [5.41, 5.74) is 7.92. The van der Waals surface area contributed by atoms with Gasteiger partial charge in [0.05, 0.1) is 11.4 Å². The lowest BCUT2D eigenvalue weighted by atomic mass is 10.0. The summed E-state index contributed by atoms with van der Waals surface area (Å²) in [6, 6.07) is 0.271. The minimum atomic E-state index is -0.120. The molecule has 1 aromatic heterocycles. The molecule has 2 aliphatic rings. The summed E-state index contributed by atoms with van der Waals surface area (Å²) in [6.07, 6.45) is 8.07. The molecular formula is C15H24N4O. The summed E-state index contributed by atoms with van der Waals surface area (Å²) >= 11 is 0. The Bertz CT molecular complexity index is 492. The first-order valence-electron chi connectivity index (χ1n) is 7.79. The molecule has 2 saturated carbocycles. The van der Waals surface area contributed by atoms with Crippen LogP contribution >= 0.6 is 0 Å². The molecule has 0 saturated heterocycles. The molecule has 3 rings (SSSR count). The third-order valence-electron chi connectivity index (χ3n) is 4.63. The number of nitrogens with zero attached hydrogens (tertiary/aromatic N) is 1. The number of anilines is 1. The predicted octanol–water partition coefficient (Wildman–Crippen LogP) is 2.57. The zero-order valence-electron chi connectivity index (χ0n) is 12.1. The molecule has 0 radical (unpaired) electrons. The lowest BCUT2D eigenvalue weighted by Crippen LogP contribution is -2.35. The van der Waals surface area contributed by atoms with E-state index >= 15 is 0 Å². The molecule has 2 aliphatic carbocycles. The third kappa shape index (κ3) is 2.81. The van der Waals surface area contributed by atoms with E-state index in [-0.39, 0.29) is 11.9 Å². The first-order chi connectivity index (χ1) is 9.65. The molecule has 20 heavy (non-hydrogen) atoms. The van der Waals surface area contributed by atoms with Gasteiger partial charge in [-0.15, -0.1) is 0 Å². The second-order valence-electron chi connectivity index (χ2n) is 6.46. The van der Waals surface area contributed by atoms with Gasteiger partial charge in [-0.1, -0.05) is 19.8 Å². The van der Waals surface area contributed by atoms with E-state index in [4.69, 9.17) is 5.73 Å². The van der Waals surface area contributed by atoms with Crippen molar-refractivity contribution in [3.05, 3.63) is 11.4 Å². The van der Waals surface area contributed by atoms with Crippen molar-refractivity contribution >= 4 is 11.6 Å². The molecule has 2 unspecified atom stereocenters. The molecule has 5 heteroatoms. The van der Waals surface area contributed by atoms with Gasteiger partial charge >= 0.3 is 0 Å². The molecule has 0 spiro atoms. The number of hydrogen-bond acceptors (Lipinski definition) is 3. The SMILES string of the molecule is CC1CCCC(NC(=O)c2n[nH]c(C3CC3)c2N)CC1. The number of nitrogens with one attached hydrogen (secondary N) is 2. The number of amides is 1. The standard InChI is InChI=1S/C15H24N4O/c1-9-3-2-4-11(8-5-9)17-15(20)14-12(16)13(18-19-14)10-6-7-10/h9-11H,2-8,16H2,1H3,(H,17,20)(H,18,19). The van der Waals surface area contributed by atoms with Crippen LogP contribution in [0.3, 0.4) is 0 Å². The Morgan fingerprint density at radius 3 is 2.80 bits per heavy atom. The topological polar surface area (TPSA) is 83.8 Å². The molecule has 1 aromatic rings. The van der Waals surface area contributed by atoms with Crippen molar-refractivity contribution in [2.45, 2.75) is 63.8 Å². The van der Waals surface area contributed by atoms with Crippen LogP contribution in [0.4, 0.5) is 5.69 Å². The fourth-order valence-electron chi connectivity index (χ4n) is 3.11. The van der Waals surface area contributed by atoms with Crippen LogP contribution in [0.1, 0.15) is 74.0 Å². The van der Waals surface area contributed by atoms with E-state index in [0.717, 1.165) is 37.3 Å². The summed E-state index contributed by atoms with van der Waals surface area (Å²) in [4.78, 5) is 12.3. The number of nitrogen functional groups attached to an aromatic ring is 1. The van der Waals surface area contributed by atoms with Crippen LogP contribution in [0, 0.1) is 5.92 Å². The molecule has 5 nitrogen and oxygen atoms in total. The lowest BCUT2D eigenvalue weighted by molar-refractivity contribution is 0.0929. The molecule has 2 fully saturated rings. The Hall–Kier alpha value is -1.52. The molecule has 4 N–H and O–H groups in total. The number of carbonyl (C=O) groups is 1. The quantitative estimate of drug-likeness (QED) is 0.742. The Kier molecular flexibility index (Phi) is 3.68.